The van der Waals surface area contributed by atoms with Crippen LogP contribution in [0.2, 0.25) is 0 Å². The molecule has 1 aromatic carbocycles. The topological polar surface area (TPSA) is 33.4 Å². The number of fused-ring (bicyclic) bond motifs is 3. The molecule has 0 amide bonds. The van der Waals surface area contributed by atoms with Crippen molar-refractivity contribution >= 4 is 23.9 Å². The summed E-state index contributed by atoms with van der Waals surface area (Å²) >= 11 is 0. The van der Waals surface area contributed by atoms with E-state index in [0.29, 0.717) is 0 Å². The number of benzene rings is 1. The maximum absolute atomic E-state index is 5.02. The van der Waals surface area contributed by atoms with E-state index in [2.05, 4.69) is 63.1 Å². The van der Waals surface area contributed by atoms with E-state index >= 15 is 0 Å². The van der Waals surface area contributed by atoms with Crippen LogP contribution in [0.4, 0.5) is 5.82 Å². The van der Waals surface area contributed by atoms with Crippen LogP contribution in [0.15, 0.2) is 12.1 Å². The summed E-state index contributed by atoms with van der Waals surface area (Å²) in [6, 6.07) is 4.52. The van der Waals surface area contributed by atoms with Gasteiger partial charge in [0.05, 0.1) is 11.3 Å². The predicted octanol–water partition coefficient (Wildman–Crippen LogP) is 5.13. The van der Waals surface area contributed by atoms with E-state index in [-0.39, 0.29) is 12.4 Å². The number of halogens is 1. The van der Waals surface area contributed by atoms with E-state index in [1.807, 2.05) is 0 Å². The van der Waals surface area contributed by atoms with E-state index in [4.69, 9.17) is 10.1 Å². The average molecular weight is 385 g/mol. The third-order valence-electron chi connectivity index (χ3n) is 5.57. The van der Waals surface area contributed by atoms with Gasteiger partial charge in [-0.05, 0) is 64.2 Å². The molecule has 0 N–H and O–H groups in total. The Hall–Kier alpha value is -2.07. The third-order valence-corrected chi connectivity index (χ3v) is 5.57. The summed E-state index contributed by atoms with van der Waals surface area (Å²) in [5.74, 6) is 1.26. The highest BCUT2D eigenvalue weighted by atomic mass is 35.5. The summed E-state index contributed by atoms with van der Waals surface area (Å²) in [5.41, 5.74) is 10.9. The fourth-order valence-corrected chi connectivity index (χ4v) is 4.61. The van der Waals surface area contributed by atoms with E-state index in [0.717, 1.165) is 43.0 Å². The van der Waals surface area contributed by atoms with Gasteiger partial charge in [0, 0.05) is 24.3 Å². The molecule has 144 valence electrons. The molecule has 0 bridgehead atoms. The normalized spacial score (nSPS) is 13.2. The lowest BCUT2D eigenvalue weighted by Gasteiger charge is -2.19. The Labute approximate surface area is 168 Å². The van der Waals surface area contributed by atoms with Crippen LogP contribution in [0, 0.1) is 34.6 Å². The smallest absolute Gasteiger partial charge is 0.165 e. The van der Waals surface area contributed by atoms with Crippen LogP contribution in [0.1, 0.15) is 47.0 Å². The second kappa shape index (κ2) is 7.16. The molecule has 0 fully saturated rings. The zero-order valence-electron chi connectivity index (χ0n) is 17.2. The van der Waals surface area contributed by atoms with Crippen LogP contribution in [0.25, 0.3) is 16.8 Å². The second-order valence-electron chi connectivity index (χ2n) is 7.71. The highest BCUT2D eigenvalue weighted by molar-refractivity contribution is 5.86. The Bertz CT molecular complexity index is 996. The van der Waals surface area contributed by atoms with Crippen LogP contribution < -0.4 is 4.90 Å². The molecule has 4 nitrogen and oxygen atoms in total. The Balaban J connectivity index is 0.00000210. The molecule has 3 aromatic rings. The van der Waals surface area contributed by atoms with Gasteiger partial charge in [0.25, 0.3) is 0 Å². The fourth-order valence-electron chi connectivity index (χ4n) is 4.61. The lowest BCUT2D eigenvalue weighted by Crippen LogP contribution is -2.23. The maximum Gasteiger partial charge on any atom is 0.165 e. The number of aromatic nitrogens is 3. The van der Waals surface area contributed by atoms with Gasteiger partial charge in [-0.15, -0.1) is 12.4 Å². The van der Waals surface area contributed by atoms with Gasteiger partial charge in [-0.2, -0.15) is 9.61 Å². The van der Waals surface area contributed by atoms with Crippen LogP contribution in [-0.4, -0.2) is 27.7 Å². The molecule has 0 spiro atoms. The summed E-state index contributed by atoms with van der Waals surface area (Å²) < 4.78 is 2.11. The minimum absolute atomic E-state index is 0. The Morgan fingerprint density at radius 2 is 1.63 bits per heavy atom. The molecule has 0 atom stereocenters. The van der Waals surface area contributed by atoms with Gasteiger partial charge in [0.1, 0.15) is 5.82 Å². The zero-order valence-corrected chi connectivity index (χ0v) is 18.0. The van der Waals surface area contributed by atoms with Crippen molar-refractivity contribution in [2.75, 3.05) is 18.0 Å². The highest BCUT2D eigenvalue weighted by Crippen LogP contribution is 2.38. The van der Waals surface area contributed by atoms with Crippen LogP contribution >= 0.6 is 12.4 Å². The number of rotatable bonds is 3. The highest BCUT2D eigenvalue weighted by Gasteiger charge is 2.28. The van der Waals surface area contributed by atoms with Gasteiger partial charge in [0.2, 0.25) is 0 Å². The molecule has 0 unspecified atom stereocenters. The van der Waals surface area contributed by atoms with Gasteiger partial charge < -0.3 is 4.90 Å². The van der Waals surface area contributed by atoms with Crippen molar-refractivity contribution in [1.82, 2.24) is 14.6 Å². The Morgan fingerprint density at radius 3 is 2.26 bits per heavy atom. The molecule has 1 aliphatic heterocycles. The first-order chi connectivity index (χ1) is 12.4. The average Bonchev–Trinajstić information content (AvgIpc) is 3.10. The van der Waals surface area contributed by atoms with Gasteiger partial charge in [-0.25, -0.2) is 4.98 Å². The first kappa shape index (κ1) is 19.7. The van der Waals surface area contributed by atoms with Crippen LogP contribution in [0.3, 0.4) is 0 Å². The number of nitrogens with zero attached hydrogens (tertiary/aromatic N) is 4. The third kappa shape index (κ3) is 3.00. The SMILES string of the molecule is CCCN1CCc2c(C)nc3c(-c4c(C)cc(C)cc4C)c(C)nn3c21.Cl. The number of hydrogen-bond donors (Lipinski definition) is 0. The van der Waals surface area contributed by atoms with E-state index in [1.165, 1.54) is 39.2 Å². The minimum Gasteiger partial charge on any atom is -0.356 e. The van der Waals surface area contributed by atoms with Gasteiger partial charge in [-0.3, -0.25) is 0 Å². The van der Waals surface area contributed by atoms with Crippen molar-refractivity contribution in [1.29, 1.82) is 0 Å². The molecule has 0 radical (unpaired) electrons. The zero-order chi connectivity index (χ0) is 18.6. The summed E-state index contributed by atoms with van der Waals surface area (Å²) in [6.07, 6.45) is 2.21. The summed E-state index contributed by atoms with van der Waals surface area (Å²) in [7, 11) is 0. The van der Waals surface area contributed by atoms with Crippen molar-refractivity contribution < 1.29 is 0 Å². The van der Waals surface area contributed by atoms with Crippen LogP contribution in [-0.2, 0) is 6.42 Å². The van der Waals surface area contributed by atoms with Crippen molar-refractivity contribution in [2.24, 2.45) is 0 Å². The van der Waals surface area contributed by atoms with E-state index in [1.54, 1.807) is 0 Å². The molecule has 0 saturated heterocycles. The molecule has 27 heavy (non-hydrogen) atoms. The van der Waals surface area contributed by atoms with E-state index in [9.17, 15) is 0 Å². The largest absolute Gasteiger partial charge is 0.356 e. The molecule has 0 saturated carbocycles. The van der Waals surface area contributed by atoms with Crippen molar-refractivity contribution in [3.8, 4) is 11.1 Å². The molecular weight excluding hydrogens is 356 g/mol. The molecule has 2 aromatic heterocycles. The number of hydrogen-bond acceptors (Lipinski definition) is 3. The molecule has 0 aliphatic carbocycles. The fraction of sp³-hybridized carbons (Fsp3) is 0.455. The van der Waals surface area contributed by atoms with Gasteiger partial charge in [-0.1, -0.05) is 24.6 Å². The minimum atomic E-state index is 0. The Morgan fingerprint density at radius 1 is 0.963 bits per heavy atom. The molecule has 5 heteroatoms. The van der Waals surface area contributed by atoms with Gasteiger partial charge in [0.15, 0.2) is 5.65 Å². The molecular formula is C22H29ClN4. The van der Waals surface area contributed by atoms with Gasteiger partial charge >= 0.3 is 0 Å². The predicted molar refractivity (Wildman–Crippen MR) is 116 cm³/mol. The summed E-state index contributed by atoms with van der Waals surface area (Å²) in [6.45, 7) is 15.2. The first-order valence-electron chi connectivity index (χ1n) is 9.64. The maximum atomic E-state index is 5.02. The quantitative estimate of drug-likeness (QED) is 0.627. The lowest BCUT2D eigenvalue weighted by molar-refractivity contribution is 0.768. The summed E-state index contributed by atoms with van der Waals surface area (Å²) in [5, 5.41) is 4.95. The molecule has 3 heterocycles. The lowest BCUT2D eigenvalue weighted by atomic mass is 9.94. The van der Waals surface area contributed by atoms with Crippen molar-refractivity contribution in [2.45, 2.75) is 54.4 Å². The van der Waals surface area contributed by atoms with E-state index < -0.39 is 0 Å². The van der Waals surface area contributed by atoms with Crippen LogP contribution in [0.5, 0.6) is 0 Å². The number of anilines is 1. The number of aryl methyl sites for hydroxylation is 5. The van der Waals surface area contributed by atoms with Crippen molar-refractivity contribution in [3.63, 3.8) is 0 Å². The van der Waals surface area contributed by atoms with Crippen molar-refractivity contribution in [3.05, 3.63) is 45.8 Å². The Kier molecular flexibility index (Phi) is 5.22. The second-order valence-corrected chi connectivity index (χ2v) is 7.71. The first-order valence-corrected chi connectivity index (χ1v) is 9.64. The summed E-state index contributed by atoms with van der Waals surface area (Å²) in [4.78, 5) is 7.49. The molecule has 1 aliphatic rings. The standard InChI is InChI=1S/C22H28N4.ClH/c1-7-9-25-10-8-18-16(5)23-21-20(17(6)24-26(21)22(18)25)19-14(3)11-13(2)12-15(19)4;/h11-12H,7-10H2,1-6H3;1H. The molecule has 4 rings (SSSR count). The monoisotopic (exact) mass is 384 g/mol.